The summed E-state index contributed by atoms with van der Waals surface area (Å²) >= 11 is 0. The topological polar surface area (TPSA) is 96.4 Å². The van der Waals surface area contributed by atoms with E-state index in [0.717, 1.165) is 5.57 Å². The highest BCUT2D eigenvalue weighted by molar-refractivity contribution is 5.93. The van der Waals surface area contributed by atoms with Crippen LogP contribution in [-0.2, 0) is 19.1 Å². The summed E-state index contributed by atoms with van der Waals surface area (Å²) in [6, 6.07) is 0. The van der Waals surface area contributed by atoms with Crippen molar-refractivity contribution in [1.29, 1.82) is 0 Å². The number of aliphatic hydroxyl groups is 2. The van der Waals surface area contributed by atoms with E-state index in [2.05, 4.69) is 0 Å². The molecule has 0 aromatic carbocycles. The Bertz CT molecular complexity index is 741. The van der Waals surface area contributed by atoms with Crippen molar-refractivity contribution >= 4 is 11.8 Å². The number of ether oxygens (including phenoxy) is 2. The van der Waals surface area contributed by atoms with E-state index in [9.17, 15) is 19.8 Å². The SMILES string of the molecule is C/C1=C/[C@@H]2OC(=O)C3(C)O[C@]23[C@H](O)[C@H]2[C@@H](C)C(=O)C=C[C@]2(C)[C@H](O)CC1. The van der Waals surface area contributed by atoms with Gasteiger partial charge in [-0.25, -0.2) is 4.79 Å². The average molecular weight is 362 g/mol. The summed E-state index contributed by atoms with van der Waals surface area (Å²) in [6.45, 7) is 7.19. The third-order valence-electron chi connectivity index (χ3n) is 7.18. The van der Waals surface area contributed by atoms with Gasteiger partial charge in [0.1, 0.15) is 0 Å². The zero-order valence-electron chi connectivity index (χ0n) is 15.6. The van der Waals surface area contributed by atoms with E-state index in [1.165, 1.54) is 6.08 Å². The van der Waals surface area contributed by atoms with Gasteiger partial charge in [0.25, 0.3) is 0 Å². The molecule has 4 rings (SSSR count). The maximum absolute atomic E-state index is 12.4. The van der Waals surface area contributed by atoms with Crippen LogP contribution in [0.3, 0.4) is 0 Å². The molecule has 6 nitrogen and oxygen atoms in total. The Morgan fingerprint density at radius 3 is 2.58 bits per heavy atom. The summed E-state index contributed by atoms with van der Waals surface area (Å²) in [4.78, 5) is 24.8. The van der Waals surface area contributed by atoms with Crippen LogP contribution in [0.1, 0.15) is 40.5 Å². The van der Waals surface area contributed by atoms with Crippen molar-refractivity contribution in [2.75, 3.05) is 0 Å². The lowest BCUT2D eigenvalue weighted by Gasteiger charge is -2.48. The van der Waals surface area contributed by atoms with Crippen molar-refractivity contribution in [3.05, 3.63) is 23.8 Å². The van der Waals surface area contributed by atoms with E-state index >= 15 is 0 Å². The molecule has 0 aromatic heterocycles. The lowest BCUT2D eigenvalue weighted by Crippen LogP contribution is -2.57. The summed E-state index contributed by atoms with van der Waals surface area (Å²) in [5, 5.41) is 22.4. The van der Waals surface area contributed by atoms with Crippen LogP contribution >= 0.6 is 0 Å². The first-order valence-electron chi connectivity index (χ1n) is 9.25. The van der Waals surface area contributed by atoms with Crippen LogP contribution in [0.5, 0.6) is 0 Å². The number of aliphatic hydroxyl groups excluding tert-OH is 2. The van der Waals surface area contributed by atoms with Gasteiger partial charge in [0.05, 0.1) is 12.2 Å². The maximum atomic E-state index is 12.4. The van der Waals surface area contributed by atoms with E-state index in [-0.39, 0.29) is 5.78 Å². The van der Waals surface area contributed by atoms with Crippen molar-refractivity contribution < 1.29 is 29.3 Å². The number of allylic oxidation sites excluding steroid dienone is 2. The van der Waals surface area contributed by atoms with Crippen LogP contribution in [0, 0.1) is 17.3 Å². The molecule has 2 aliphatic heterocycles. The van der Waals surface area contributed by atoms with Crippen LogP contribution in [0.2, 0.25) is 0 Å². The number of epoxide rings is 1. The van der Waals surface area contributed by atoms with Gasteiger partial charge >= 0.3 is 5.97 Å². The molecule has 0 amide bonds. The maximum Gasteiger partial charge on any atom is 0.342 e. The van der Waals surface area contributed by atoms with Crippen molar-refractivity contribution in [3.8, 4) is 0 Å². The Balaban J connectivity index is 1.88. The van der Waals surface area contributed by atoms with Crippen LogP contribution in [-0.4, -0.2) is 51.5 Å². The molecule has 8 atom stereocenters. The van der Waals surface area contributed by atoms with Gasteiger partial charge in [0, 0.05) is 17.3 Å². The second-order valence-electron chi connectivity index (χ2n) is 8.68. The normalized spacial score (nSPS) is 55.2. The quantitative estimate of drug-likeness (QED) is 0.383. The number of fused-ring (bicyclic) bond motifs is 1. The predicted octanol–water partition coefficient (Wildman–Crippen LogP) is 1.30. The van der Waals surface area contributed by atoms with Gasteiger partial charge in [-0.2, -0.15) is 0 Å². The van der Waals surface area contributed by atoms with Crippen molar-refractivity contribution in [2.24, 2.45) is 17.3 Å². The first kappa shape index (κ1) is 17.9. The fourth-order valence-corrected chi connectivity index (χ4v) is 5.30. The van der Waals surface area contributed by atoms with Crippen molar-refractivity contribution in [3.63, 3.8) is 0 Å². The van der Waals surface area contributed by atoms with Gasteiger partial charge in [-0.15, -0.1) is 0 Å². The molecular formula is C20H26O6. The summed E-state index contributed by atoms with van der Waals surface area (Å²) < 4.78 is 11.4. The predicted molar refractivity (Wildman–Crippen MR) is 92.0 cm³/mol. The summed E-state index contributed by atoms with van der Waals surface area (Å²) in [5.74, 6) is -1.67. The number of hydrogen-bond acceptors (Lipinski definition) is 6. The Morgan fingerprint density at radius 2 is 1.92 bits per heavy atom. The highest BCUT2D eigenvalue weighted by Gasteiger charge is 2.85. The van der Waals surface area contributed by atoms with Gasteiger partial charge in [0.2, 0.25) is 0 Å². The van der Waals surface area contributed by atoms with E-state index < -0.39 is 52.7 Å². The van der Waals surface area contributed by atoms with Gasteiger partial charge in [-0.3, -0.25) is 4.79 Å². The second kappa shape index (κ2) is 5.27. The fraction of sp³-hybridized carbons (Fsp3) is 0.700. The fourth-order valence-electron chi connectivity index (χ4n) is 5.30. The highest BCUT2D eigenvalue weighted by Crippen LogP contribution is 2.63. The van der Waals surface area contributed by atoms with E-state index in [1.807, 2.05) is 19.9 Å². The summed E-state index contributed by atoms with van der Waals surface area (Å²) in [6.07, 6.45) is 3.63. The monoisotopic (exact) mass is 362 g/mol. The third kappa shape index (κ3) is 1.98. The number of esters is 1. The lowest BCUT2D eigenvalue weighted by molar-refractivity contribution is -0.157. The van der Waals surface area contributed by atoms with Gasteiger partial charge in [-0.1, -0.05) is 25.5 Å². The van der Waals surface area contributed by atoms with Gasteiger partial charge in [0.15, 0.2) is 23.1 Å². The summed E-state index contributed by atoms with van der Waals surface area (Å²) in [5.41, 5.74) is -2.27. The number of carbonyl (C=O) groups is 2. The van der Waals surface area contributed by atoms with E-state index in [4.69, 9.17) is 9.47 Å². The molecule has 4 aliphatic rings. The first-order chi connectivity index (χ1) is 12.1. The van der Waals surface area contributed by atoms with Crippen LogP contribution in [0.4, 0.5) is 0 Å². The number of ketones is 1. The highest BCUT2D eigenvalue weighted by atomic mass is 16.7. The summed E-state index contributed by atoms with van der Waals surface area (Å²) in [7, 11) is 0. The molecule has 6 heteroatoms. The molecule has 2 aliphatic carbocycles. The molecule has 0 aromatic rings. The molecule has 2 fully saturated rings. The van der Waals surface area contributed by atoms with E-state index in [1.54, 1.807) is 19.9 Å². The Morgan fingerprint density at radius 1 is 1.23 bits per heavy atom. The molecule has 26 heavy (non-hydrogen) atoms. The minimum Gasteiger partial charge on any atom is -0.453 e. The molecule has 2 N–H and O–H groups in total. The molecule has 2 saturated heterocycles. The average Bonchev–Trinajstić information content (AvgIpc) is 3.17. The largest absolute Gasteiger partial charge is 0.453 e. The van der Waals surface area contributed by atoms with Gasteiger partial charge < -0.3 is 19.7 Å². The van der Waals surface area contributed by atoms with Crippen molar-refractivity contribution in [2.45, 2.75) is 70.1 Å². The Hall–Kier alpha value is -1.50. The minimum absolute atomic E-state index is 0.0944. The van der Waals surface area contributed by atoms with E-state index in [0.29, 0.717) is 12.8 Å². The first-order valence-corrected chi connectivity index (χ1v) is 9.25. The van der Waals surface area contributed by atoms with Gasteiger partial charge in [-0.05, 0) is 38.8 Å². The molecular weight excluding hydrogens is 336 g/mol. The molecule has 0 saturated carbocycles. The third-order valence-corrected chi connectivity index (χ3v) is 7.18. The Labute approximate surface area is 152 Å². The number of hydrogen-bond donors (Lipinski definition) is 2. The molecule has 142 valence electrons. The Kier molecular flexibility index (Phi) is 3.63. The number of carbonyl (C=O) groups excluding carboxylic acids is 2. The molecule has 0 bridgehead atoms. The van der Waals surface area contributed by atoms with Crippen LogP contribution < -0.4 is 0 Å². The van der Waals surface area contributed by atoms with Crippen LogP contribution in [0.15, 0.2) is 23.8 Å². The molecule has 2 heterocycles. The van der Waals surface area contributed by atoms with Crippen LogP contribution in [0.25, 0.3) is 0 Å². The zero-order valence-corrected chi connectivity index (χ0v) is 15.6. The molecule has 1 spiro atoms. The number of rotatable bonds is 0. The van der Waals surface area contributed by atoms with Crippen molar-refractivity contribution in [1.82, 2.24) is 0 Å². The lowest BCUT2D eigenvalue weighted by atomic mass is 9.57. The molecule has 0 radical (unpaired) electrons. The standard InChI is InChI=1S/C20H26O6/c1-10-5-6-13(22)18(3)8-7-12(21)11(2)15(18)16(23)20-14(9-10)25-17(24)19(20,4)26-20/h7-9,11,13-16,22-23H,5-6H2,1-4H3/b10-9-/t11-,13+,14-,15+,16+,18+,19?,20-/m0/s1. The zero-order chi connectivity index (χ0) is 19.1. The second-order valence-corrected chi connectivity index (χ2v) is 8.68. The smallest absolute Gasteiger partial charge is 0.342 e. The molecule has 1 unspecified atom stereocenters. The minimum atomic E-state index is -1.22.